The van der Waals surface area contributed by atoms with Crippen LogP contribution in [0.4, 0.5) is 0 Å². The van der Waals surface area contributed by atoms with Gasteiger partial charge in [-0.15, -0.1) is 11.3 Å². The number of likely N-dealkylation sites (tertiary alicyclic amines) is 1. The number of carbonyl (C=O) groups excluding carboxylic acids is 2. The van der Waals surface area contributed by atoms with Crippen LogP contribution < -0.4 is 9.47 Å². The predicted molar refractivity (Wildman–Crippen MR) is 108 cm³/mol. The third-order valence-corrected chi connectivity index (χ3v) is 6.04. The lowest BCUT2D eigenvalue weighted by atomic mass is 9.88. The zero-order chi connectivity index (χ0) is 20.2. The summed E-state index contributed by atoms with van der Waals surface area (Å²) >= 11 is 1.31. The van der Waals surface area contributed by atoms with E-state index in [9.17, 15) is 9.59 Å². The van der Waals surface area contributed by atoms with Crippen molar-refractivity contribution in [2.24, 2.45) is 5.92 Å². The number of nitrogens with zero attached hydrogens (tertiary/aromatic N) is 2. The molecular formula is C21H24N2O5S. The number of thiazole rings is 1. The second-order valence-electron chi connectivity index (χ2n) is 7.14. The third kappa shape index (κ3) is 4.59. The summed E-state index contributed by atoms with van der Waals surface area (Å²) in [5, 5.41) is 2.30. The number of ether oxygens (including phenoxy) is 3. The van der Waals surface area contributed by atoms with Crippen molar-refractivity contribution in [3.8, 4) is 11.5 Å². The van der Waals surface area contributed by atoms with Crippen LogP contribution in [0, 0.1) is 5.92 Å². The number of hydrogen-bond donors (Lipinski definition) is 0. The number of ketones is 1. The van der Waals surface area contributed by atoms with Gasteiger partial charge in [-0.3, -0.25) is 9.69 Å². The van der Waals surface area contributed by atoms with Crippen molar-refractivity contribution in [2.75, 3.05) is 32.9 Å². The highest BCUT2D eigenvalue weighted by atomic mass is 32.1. The van der Waals surface area contributed by atoms with Gasteiger partial charge in [-0.1, -0.05) is 0 Å². The Hall–Kier alpha value is -2.45. The van der Waals surface area contributed by atoms with Crippen LogP contribution in [0.1, 0.15) is 45.6 Å². The molecule has 1 aromatic heterocycles. The van der Waals surface area contributed by atoms with E-state index >= 15 is 0 Å². The van der Waals surface area contributed by atoms with E-state index in [0.717, 1.165) is 31.6 Å². The summed E-state index contributed by atoms with van der Waals surface area (Å²) in [5.41, 5.74) is 1.56. The molecule has 0 N–H and O–H groups in total. The molecule has 3 heterocycles. The molecule has 0 amide bonds. The number of Topliss-reactive ketones (excluding diaryl/α,β-unsaturated/α-hetero) is 1. The molecule has 0 aliphatic carbocycles. The molecule has 29 heavy (non-hydrogen) atoms. The van der Waals surface area contributed by atoms with Crippen LogP contribution >= 0.6 is 11.3 Å². The third-order valence-electron chi connectivity index (χ3n) is 5.17. The maximum atomic E-state index is 12.9. The van der Waals surface area contributed by atoms with Crippen molar-refractivity contribution < 1.29 is 23.8 Å². The molecule has 0 radical (unpaired) electrons. The lowest BCUT2D eigenvalue weighted by molar-refractivity contribution is 0.0525. The first-order valence-corrected chi connectivity index (χ1v) is 10.8. The topological polar surface area (TPSA) is 78.0 Å². The van der Waals surface area contributed by atoms with E-state index in [1.165, 1.54) is 11.3 Å². The first kappa shape index (κ1) is 19.8. The van der Waals surface area contributed by atoms with Crippen LogP contribution in [-0.4, -0.2) is 54.5 Å². The zero-order valence-electron chi connectivity index (χ0n) is 16.4. The number of aromatic nitrogens is 1. The quantitative estimate of drug-likeness (QED) is 0.529. The predicted octanol–water partition coefficient (Wildman–Crippen LogP) is 3.19. The number of carbonyl (C=O) groups is 2. The first-order chi connectivity index (χ1) is 14.1. The van der Waals surface area contributed by atoms with Crippen LogP contribution in [-0.2, 0) is 11.3 Å². The molecule has 154 valence electrons. The Bertz CT molecular complexity index is 889. The standard InChI is InChI=1S/C21H24N2O5S/c1-2-26-21(25)20-22-16(13-29-20)12-23-7-5-14(6-8-23)19(24)15-3-4-17-18(11-15)28-10-9-27-17/h3-4,11,13-14H,2,5-10,12H2,1H3. The molecule has 0 saturated carbocycles. The lowest BCUT2D eigenvalue weighted by Gasteiger charge is -2.30. The van der Waals surface area contributed by atoms with Crippen molar-refractivity contribution in [1.29, 1.82) is 0 Å². The molecule has 0 spiro atoms. The summed E-state index contributed by atoms with van der Waals surface area (Å²) in [6.45, 7) is 5.51. The lowest BCUT2D eigenvalue weighted by Crippen LogP contribution is -2.36. The van der Waals surface area contributed by atoms with Gasteiger partial charge in [0.05, 0.1) is 12.3 Å². The Morgan fingerprint density at radius 2 is 1.97 bits per heavy atom. The van der Waals surface area contributed by atoms with Crippen LogP contribution in [0.2, 0.25) is 0 Å². The van der Waals surface area contributed by atoms with Gasteiger partial charge in [-0.2, -0.15) is 0 Å². The molecule has 7 nitrogen and oxygen atoms in total. The van der Waals surface area contributed by atoms with E-state index in [0.29, 0.717) is 48.4 Å². The molecule has 4 rings (SSSR count). The zero-order valence-corrected chi connectivity index (χ0v) is 17.2. The molecule has 0 atom stereocenters. The van der Waals surface area contributed by atoms with Crippen molar-refractivity contribution in [3.05, 3.63) is 39.8 Å². The maximum absolute atomic E-state index is 12.9. The van der Waals surface area contributed by atoms with Gasteiger partial charge in [0.1, 0.15) is 13.2 Å². The van der Waals surface area contributed by atoms with Crippen molar-refractivity contribution in [2.45, 2.75) is 26.3 Å². The normalized spacial score (nSPS) is 17.1. The molecule has 8 heteroatoms. The largest absolute Gasteiger partial charge is 0.486 e. The second-order valence-corrected chi connectivity index (χ2v) is 8.00. The van der Waals surface area contributed by atoms with Crippen molar-refractivity contribution in [1.82, 2.24) is 9.88 Å². The van der Waals surface area contributed by atoms with E-state index < -0.39 is 0 Å². The van der Waals surface area contributed by atoms with E-state index in [4.69, 9.17) is 14.2 Å². The minimum atomic E-state index is -0.368. The summed E-state index contributed by atoms with van der Waals surface area (Å²) in [4.78, 5) is 31.3. The number of piperidine rings is 1. The van der Waals surface area contributed by atoms with Crippen LogP contribution in [0.3, 0.4) is 0 Å². The van der Waals surface area contributed by atoms with E-state index in [1.807, 2.05) is 17.5 Å². The van der Waals surface area contributed by atoms with Gasteiger partial charge in [0.25, 0.3) is 0 Å². The average Bonchev–Trinajstić information content (AvgIpc) is 3.22. The Morgan fingerprint density at radius 1 is 1.21 bits per heavy atom. The molecule has 0 unspecified atom stereocenters. The fourth-order valence-corrected chi connectivity index (χ4v) is 4.38. The number of esters is 1. The summed E-state index contributed by atoms with van der Waals surface area (Å²) in [6, 6.07) is 5.45. The highest BCUT2D eigenvalue weighted by Gasteiger charge is 2.27. The van der Waals surface area contributed by atoms with Gasteiger partial charge in [0.2, 0.25) is 5.01 Å². The minimum absolute atomic E-state index is 0.0133. The molecule has 2 aliphatic heterocycles. The molecule has 1 fully saturated rings. The average molecular weight is 416 g/mol. The van der Waals surface area contributed by atoms with Crippen molar-refractivity contribution >= 4 is 23.1 Å². The Labute approximate surface area is 173 Å². The number of hydrogen-bond acceptors (Lipinski definition) is 8. The minimum Gasteiger partial charge on any atom is -0.486 e. The van der Waals surface area contributed by atoms with Crippen LogP contribution in [0.25, 0.3) is 0 Å². The van der Waals surface area contributed by atoms with E-state index in [1.54, 1.807) is 13.0 Å². The van der Waals surface area contributed by atoms with Crippen LogP contribution in [0.5, 0.6) is 11.5 Å². The fourth-order valence-electron chi connectivity index (χ4n) is 3.68. The van der Waals surface area contributed by atoms with Crippen molar-refractivity contribution in [3.63, 3.8) is 0 Å². The second kappa shape index (κ2) is 8.92. The molecule has 1 saturated heterocycles. The monoisotopic (exact) mass is 416 g/mol. The number of fused-ring (bicyclic) bond motifs is 1. The first-order valence-electron chi connectivity index (χ1n) is 9.91. The van der Waals surface area contributed by atoms with E-state index in [-0.39, 0.29) is 17.7 Å². The fraction of sp³-hybridized carbons (Fsp3) is 0.476. The molecule has 0 bridgehead atoms. The van der Waals surface area contributed by atoms with Gasteiger partial charge < -0.3 is 14.2 Å². The molecule has 2 aliphatic rings. The Balaban J connectivity index is 1.31. The highest BCUT2D eigenvalue weighted by molar-refractivity contribution is 7.11. The SMILES string of the molecule is CCOC(=O)c1nc(CN2CCC(C(=O)c3ccc4c(c3)OCCO4)CC2)cs1. The Kier molecular flexibility index (Phi) is 6.10. The summed E-state index contributed by atoms with van der Waals surface area (Å²) in [5.74, 6) is 1.17. The van der Waals surface area contributed by atoms with Gasteiger partial charge in [0.15, 0.2) is 17.3 Å². The maximum Gasteiger partial charge on any atom is 0.367 e. The van der Waals surface area contributed by atoms with Gasteiger partial charge >= 0.3 is 5.97 Å². The molecule has 1 aromatic carbocycles. The molecule has 2 aromatic rings. The highest BCUT2D eigenvalue weighted by Crippen LogP contribution is 2.32. The number of rotatable bonds is 6. The van der Waals surface area contributed by atoms with Gasteiger partial charge in [0, 0.05) is 23.4 Å². The van der Waals surface area contributed by atoms with E-state index in [2.05, 4.69) is 9.88 Å². The summed E-state index contributed by atoms with van der Waals surface area (Å²) in [7, 11) is 0. The van der Waals surface area contributed by atoms with Gasteiger partial charge in [-0.05, 0) is 51.1 Å². The molecular weight excluding hydrogens is 392 g/mol. The smallest absolute Gasteiger partial charge is 0.367 e. The van der Waals surface area contributed by atoms with Gasteiger partial charge in [-0.25, -0.2) is 9.78 Å². The number of benzene rings is 1. The van der Waals surface area contributed by atoms with Crippen LogP contribution in [0.15, 0.2) is 23.6 Å². The summed E-state index contributed by atoms with van der Waals surface area (Å²) in [6.07, 6.45) is 1.62. The Morgan fingerprint density at radius 3 is 2.72 bits per heavy atom. The summed E-state index contributed by atoms with van der Waals surface area (Å²) < 4.78 is 16.1.